The first-order chi connectivity index (χ1) is 10.7. The molecule has 2 aromatic heterocycles. The Morgan fingerprint density at radius 1 is 1.09 bits per heavy atom. The number of carboxylic acids is 1. The highest BCUT2D eigenvalue weighted by molar-refractivity contribution is 5.87. The molecule has 0 aliphatic rings. The van der Waals surface area contributed by atoms with Gasteiger partial charge in [0.25, 0.3) is 0 Å². The van der Waals surface area contributed by atoms with Crippen molar-refractivity contribution >= 4 is 5.97 Å². The van der Waals surface area contributed by atoms with Crippen LogP contribution in [0, 0.1) is 0 Å². The Morgan fingerprint density at radius 2 is 1.86 bits per heavy atom. The van der Waals surface area contributed by atoms with Crippen LogP contribution in [-0.2, 0) is 13.0 Å². The summed E-state index contributed by atoms with van der Waals surface area (Å²) in [4.78, 5) is 14.9. The highest BCUT2D eigenvalue weighted by Crippen LogP contribution is 2.12. The van der Waals surface area contributed by atoms with Crippen molar-refractivity contribution in [3.8, 4) is 0 Å². The van der Waals surface area contributed by atoms with E-state index >= 15 is 0 Å². The average Bonchev–Trinajstić information content (AvgIpc) is 3.02. The molecule has 1 aromatic carbocycles. The number of nitrogens with zero attached hydrogens (tertiary/aromatic N) is 3. The van der Waals surface area contributed by atoms with Crippen LogP contribution in [0.5, 0.6) is 0 Å². The first-order valence-electron chi connectivity index (χ1n) is 6.93. The van der Waals surface area contributed by atoms with Gasteiger partial charge in [0.15, 0.2) is 0 Å². The van der Waals surface area contributed by atoms with Gasteiger partial charge in [0.1, 0.15) is 0 Å². The minimum Gasteiger partial charge on any atom is -0.478 e. The number of carbonyl (C=O) groups is 1. The van der Waals surface area contributed by atoms with Gasteiger partial charge in [-0.15, -0.1) is 0 Å². The lowest BCUT2D eigenvalue weighted by molar-refractivity contribution is 0.0696. The van der Waals surface area contributed by atoms with Gasteiger partial charge in [0.2, 0.25) is 0 Å². The molecule has 0 fully saturated rings. The zero-order valence-electron chi connectivity index (χ0n) is 11.9. The van der Waals surface area contributed by atoms with Crippen LogP contribution in [0.25, 0.3) is 0 Å². The normalized spacial score (nSPS) is 10.5. The zero-order chi connectivity index (χ0) is 15.4. The highest BCUT2D eigenvalue weighted by atomic mass is 16.4. The first kappa shape index (κ1) is 14.0. The Hall–Kier alpha value is -2.95. The molecule has 0 amide bonds. The van der Waals surface area contributed by atoms with Crippen LogP contribution in [0.15, 0.2) is 61.2 Å². The molecule has 5 heteroatoms. The lowest BCUT2D eigenvalue weighted by Crippen LogP contribution is -2.01. The van der Waals surface area contributed by atoms with Gasteiger partial charge in [-0.3, -0.25) is 9.67 Å². The first-order valence-corrected chi connectivity index (χ1v) is 6.93. The second-order valence-electron chi connectivity index (χ2n) is 5.08. The summed E-state index contributed by atoms with van der Waals surface area (Å²) in [6.07, 6.45) is 7.41. The second-order valence-corrected chi connectivity index (χ2v) is 5.08. The molecular weight excluding hydrogens is 278 g/mol. The molecule has 22 heavy (non-hydrogen) atoms. The van der Waals surface area contributed by atoms with Crippen LogP contribution >= 0.6 is 0 Å². The predicted octanol–water partition coefficient (Wildman–Crippen LogP) is 2.62. The molecule has 3 rings (SSSR count). The molecule has 5 nitrogen and oxygen atoms in total. The van der Waals surface area contributed by atoms with Crippen molar-refractivity contribution in [2.24, 2.45) is 0 Å². The summed E-state index contributed by atoms with van der Waals surface area (Å²) in [5, 5.41) is 13.2. The van der Waals surface area contributed by atoms with Crippen LogP contribution in [0.1, 0.15) is 27.0 Å². The van der Waals surface area contributed by atoms with Gasteiger partial charge < -0.3 is 5.11 Å². The maximum Gasteiger partial charge on any atom is 0.337 e. The number of carboxylic acid groups (broad SMARTS) is 1. The van der Waals surface area contributed by atoms with Crippen LogP contribution in [0.4, 0.5) is 0 Å². The number of pyridine rings is 1. The summed E-state index contributed by atoms with van der Waals surface area (Å²) in [5.41, 5.74) is 3.39. The van der Waals surface area contributed by atoms with Crippen molar-refractivity contribution in [1.82, 2.24) is 14.8 Å². The molecule has 0 bridgehead atoms. The Morgan fingerprint density at radius 3 is 2.55 bits per heavy atom. The molecule has 110 valence electrons. The average molecular weight is 293 g/mol. The van der Waals surface area contributed by atoms with Crippen molar-refractivity contribution < 1.29 is 9.90 Å². The van der Waals surface area contributed by atoms with E-state index < -0.39 is 5.97 Å². The van der Waals surface area contributed by atoms with Gasteiger partial charge in [-0.2, -0.15) is 5.10 Å². The minimum atomic E-state index is -0.955. The maximum atomic E-state index is 11.0. The largest absolute Gasteiger partial charge is 0.478 e. The molecule has 0 radical (unpaired) electrons. The topological polar surface area (TPSA) is 68.0 Å². The second kappa shape index (κ2) is 6.22. The summed E-state index contributed by atoms with van der Waals surface area (Å²) in [5.74, 6) is -0.955. The third-order valence-electron chi connectivity index (χ3n) is 3.38. The van der Waals surface area contributed by atoms with Crippen molar-refractivity contribution in [3.05, 3.63) is 83.4 Å². The number of rotatable bonds is 5. The molecule has 2 heterocycles. The maximum absolute atomic E-state index is 11.0. The van der Waals surface area contributed by atoms with Gasteiger partial charge in [0, 0.05) is 24.8 Å². The summed E-state index contributed by atoms with van der Waals surface area (Å²) in [7, 11) is 0. The Kier molecular flexibility index (Phi) is 3.96. The van der Waals surface area contributed by atoms with E-state index in [1.54, 1.807) is 18.5 Å². The molecule has 0 aliphatic carbocycles. The SMILES string of the molecule is O=C(O)c1cncc(Cc2ccc(Cn3cccn3)cc2)c1. The highest BCUT2D eigenvalue weighted by Gasteiger charge is 2.05. The summed E-state index contributed by atoms with van der Waals surface area (Å²) < 4.78 is 1.87. The number of aromatic nitrogens is 3. The molecular formula is C17H15N3O2. The van der Waals surface area contributed by atoms with Crippen LogP contribution in [-0.4, -0.2) is 25.8 Å². The van der Waals surface area contributed by atoms with E-state index in [4.69, 9.17) is 5.11 Å². The van der Waals surface area contributed by atoms with Crippen LogP contribution < -0.4 is 0 Å². The van der Waals surface area contributed by atoms with Crippen LogP contribution in [0.3, 0.4) is 0 Å². The van der Waals surface area contributed by atoms with Gasteiger partial charge >= 0.3 is 5.97 Å². The summed E-state index contributed by atoms with van der Waals surface area (Å²) in [6.45, 7) is 0.739. The van der Waals surface area contributed by atoms with Crippen molar-refractivity contribution in [2.75, 3.05) is 0 Å². The van der Waals surface area contributed by atoms with Gasteiger partial charge in [0.05, 0.1) is 12.1 Å². The van der Waals surface area contributed by atoms with E-state index in [1.165, 1.54) is 11.8 Å². The fraction of sp³-hybridized carbons (Fsp3) is 0.118. The molecule has 0 spiro atoms. The van der Waals surface area contributed by atoms with E-state index in [0.717, 1.165) is 17.7 Å². The van der Waals surface area contributed by atoms with E-state index in [0.29, 0.717) is 6.42 Å². The monoisotopic (exact) mass is 293 g/mol. The minimum absolute atomic E-state index is 0.216. The fourth-order valence-corrected chi connectivity index (χ4v) is 2.28. The van der Waals surface area contributed by atoms with E-state index in [1.807, 2.05) is 29.1 Å². The van der Waals surface area contributed by atoms with Gasteiger partial charge in [-0.05, 0) is 35.2 Å². The Labute approximate surface area is 127 Å². The molecule has 0 aliphatic heterocycles. The number of benzene rings is 1. The van der Waals surface area contributed by atoms with E-state index in [9.17, 15) is 4.79 Å². The lowest BCUT2D eigenvalue weighted by Gasteiger charge is -2.05. The van der Waals surface area contributed by atoms with Crippen molar-refractivity contribution in [2.45, 2.75) is 13.0 Å². The summed E-state index contributed by atoms with van der Waals surface area (Å²) >= 11 is 0. The summed E-state index contributed by atoms with van der Waals surface area (Å²) in [6, 6.07) is 11.8. The molecule has 0 saturated heterocycles. The van der Waals surface area contributed by atoms with Crippen molar-refractivity contribution in [1.29, 1.82) is 0 Å². The number of hydrogen-bond acceptors (Lipinski definition) is 3. The molecule has 0 saturated carbocycles. The molecule has 3 aromatic rings. The predicted molar refractivity (Wildman–Crippen MR) is 81.8 cm³/mol. The standard InChI is InChI=1S/C17H15N3O2/c21-17(22)16-9-15(10-18-11-16)8-13-2-4-14(5-3-13)12-20-7-1-6-19-20/h1-7,9-11H,8,12H2,(H,21,22). The smallest absolute Gasteiger partial charge is 0.337 e. The lowest BCUT2D eigenvalue weighted by atomic mass is 10.0. The Bertz CT molecular complexity index is 765. The van der Waals surface area contributed by atoms with Crippen LogP contribution in [0.2, 0.25) is 0 Å². The fourth-order valence-electron chi connectivity index (χ4n) is 2.28. The third kappa shape index (κ3) is 3.38. The van der Waals surface area contributed by atoms with Crippen molar-refractivity contribution in [3.63, 3.8) is 0 Å². The quantitative estimate of drug-likeness (QED) is 0.785. The zero-order valence-corrected chi connectivity index (χ0v) is 11.9. The molecule has 0 unspecified atom stereocenters. The Balaban J connectivity index is 1.70. The van der Waals surface area contributed by atoms with E-state index in [-0.39, 0.29) is 5.56 Å². The molecule has 1 N–H and O–H groups in total. The van der Waals surface area contributed by atoms with Gasteiger partial charge in [-0.25, -0.2) is 4.79 Å². The number of aromatic carboxylic acids is 1. The van der Waals surface area contributed by atoms with Gasteiger partial charge in [-0.1, -0.05) is 24.3 Å². The van der Waals surface area contributed by atoms with E-state index in [2.05, 4.69) is 22.2 Å². The third-order valence-corrected chi connectivity index (χ3v) is 3.38. The number of hydrogen-bond donors (Lipinski definition) is 1. The molecule has 0 atom stereocenters.